The highest BCUT2D eigenvalue weighted by Crippen LogP contribution is 2.18. The third kappa shape index (κ3) is 2.43. The molecule has 0 bridgehead atoms. The Kier molecular flexibility index (Phi) is 4.65. The second kappa shape index (κ2) is 4.70. The number of likely N-dealkylation sites (N-methyl/N-ethyl adjacent to an activating group) is 1. The number of hydrogen-bond acceptors (Lipinski definition) is 3. The van der Waals surface area contributed by atoms with Gasteiger partial charge in [-0.1, -0.05) is 6.92 Å². The predicted molar refractivity (Wildman–Crippen MR) is 48.9 cm³/mol. The molecule has 1 saturated heterocycles. The number of nitrogens with zero attached hydrogens (tertiary/aromatic N) is 1. The summed E-state index contributed by atoms with van der Waals surface area (Å²) < 4.78 is 0. The van der Waals surface area contributed by atoms with Crippen molar-refractivity contribution in [1.29, 1.82) is 0 Å². The normalized spacial score (nSPS) is 28.1. The number of likely N-dealkylation sites (tertiary alicyclic amines) is 1. The molecule has 0 saturated carbocycles. The SMILES string of the molecule is CCN1CCC[C@H]1C(C)N.N. The molecule has 3 heteroatoms. The summed E-state index contributed by atoms with van der Waals surface area (Å²) in [5.41, 5.74) is 5.82. The second-order valence-corrected chi connectivity index (χ2v) is 3.20. The third-order valence-corrected chi connectivity index (χ3v) is 2.43. The first-order valence-corrected chi connectivity index (χ1v) is 4.25. The van der Waals surface area contributed by atoms with Crippen LogP contribution in [0.15, 0.2) is 0 Å². The molecule has 0 aromatic carbocycles. The van der Waals surface area contributed by atoms with Crippen molar-refractivity contribution in [1.82, 2.24) is 11.1 Å². The standard InChI is InChI=1S/C8H18N2.H3N/c1-3-10-6-4-5-8(10)7(2)9;/h7-8H,3-6,9H2,1-2H3;1H3/t7?,8-;/m0./s1. The number of hydrogen-bond donors (Lipinski definition) is 2. The maximum Gasteiger partial charge on any atom is 0.0244 e. The van der Waals surface area contributed by atoms with Crippen LogP contribution >= 0.6 is 0 Å². The van der Waals surface area contributed by atoms with Crippen molar-refractivity contribution in [3.63, 3.8) is 0 Å². The van der Waals surface area contributed by atoms with Crippen LogP contribution in [0.25, 0.3) is 0 Å². The van der Waals surface area contributed by atoms with E-state index in [0.717, 1.165) is 6.54 Å². The van der Waals surface area contributed by atoms with E-state index in [2.05, 4.69) is 18.7 Å². The summed E-state index contributed by atoms with van der Waals surface area (Å²) in [6.07, 6.45) is 2.63. The lowest BCUT2D eigenvalue weighted by atomic mass is 10.1. The lowest BCUT2D eigenvalue weighted by Crippen LogP contribution is -2.41. The molecule has 1 unspecified atom stereocenters. The van der Waals surface area contributed by atoms with Gasteiger partial charge in [0.15, 0.2) is 0 Å². The van der Waals surface area contributed by atoms with E-state index in [9.17, 15) is 0 Å². The fourth-order valence-corrected chi connectivity index (χ4v) is 1.84. The Morgan fingerprint density at radius 1 is 1.64 bits per heavy atom. The molecule has 0 spiro atoms. The maximum atomic E-state index is 5.82. The van der Waals surface area contributed by atoms with Crippen LogP contribution in [0, 0.1) is 0 Å². The van der Waals surface area contributed by atoms with Gasteiger partial charge in [0.25, 0.3) is 0 Å². The zero-order valence-corrected chi connectivity index (χ0v) is 7.71. The summed E-state index contributed by atoms with van der Waals surface area (Å²) in [5.74, 6) is 0. The Bertz CT molecular complexity index is 104. The van der Waals surface area contributed by atoms with Crippen molar-refractivity contribution in [3.8, 4) is 0 Å². The average Bonchev–Trinajstić information content (AvgIpc) is 2.33. The Morgan fingerprint density at radius 2 is 2.27 bits per heavy atom. The van der Waals surface area contributed by atoms with E-state index in [1.165, 1.54) is 19.4 Å². The lowest BCUT2D eigenvalue weighted by Gasteiger charge is -2.25. The Morgan fingerprint density at radius 3 is 2.64 bits per heavy atom. The smallest absolute Gasteiger partial charge is 0.0244 e. The van der Waals surface area contributed by atoms with Crippen LogP contribution in [0.3, 0.4) is 0 Å². The summed E-state index contributed by atoms with van der Waals surface area (Å²) >= 11 is 0. The molecule has 1 rings (SSSR count). The van der Waals surface area contributed by atoms with Crippen LogP contribution in [-0.2, 0) is 0 Å². The van der Waals surface area contributed by atoms with Gasteiger partial charge in [-0.25, -0.2) is 0 Å². The maximum absolute atomic E-state index is 5.82. The van der Waals surface area contributed by atoms with Crippen molar-refractivity contribution in [2.24, 2.45) is 5.73 Å². The molecule has 1 aliphatic rings. The van der Waals surface area contributed by atoms with Gasteiger partial charge in [0, 0.05) is 12.1 Å². The van der Waals surface area contributed by atoms with Gasteiger partial charge in [-0.05, 0) is 32.9 Å². The zero-order chi connectivity index (χ0) is 7.56. The minimum absolute atomic E-state index is 0. The third-order valence-electron chi connectivity index (χ3n) is 2.43. The topological polar surface area (TPSA) is 64.3 Å². The molecule has 1 aliphatic heterocycles. The van der Waals surface area contributed by atoms with E-state index in [1.807, 2.05) is 0 Å². The molecule has 68 valence electrons. The molecule has 1 heterocycles. The van der Waals surface area contributed by atoms with Gasteiger partial charge >= 0.3 is 0 Å². The van der Waals surface area contributed by atoms with Gasteiger partial charge in [0.1, 0.15) is 0 Å². The van der Waals surface area contributed by atoms with E-state index in [-0.39, 0.29) is 6.15 Å². The fraction of sp³-hybridized carbons (Fsp3) is 1.00. The van der Waals surface area contributed by atoms with E-state index >= 15 is 0 Å². The van der Waals surface area contributed by atoms with E-state index in [4.69, 9.17) is 5.73 Å². The van der Waals surface area contributed by atoms with Gasteiger partial charge in [-0.2, -0.15) is 0 Å². The molecule has 2 atom stereocenters. The largest absolute Gasteiger partial charge is 0.344 e. The second-order valence-electron chi connectivity index (χ2n) is 3.20. The highest BCUT2D eigenvalue weighted by Gasteiger charge is 2.25. The summed E-state index contributed by atoms with van der Waals surface area (Å²) in [5, 5.41) is 0. The van der Waals surface area contributed by atoms with Gasteiger partial charge in [-0.15, -0.1) is 0 Å². The first-order valence-electron chi connectivity index (χ1n) is 4.25. The van der Waals surface area contributed by atoms with Crippen LogP contribution in [0.2, 0.25) is 0 Å². The van der Waals surface area contributed by atoms with Gasteiger partial charge < -0.3 is 11.9 Å². The van der Waals surface area contributed by atoms with Crippen LogP contribution in [0.5, 0.6) is 0 Å². The Hall–Kier alpha value is -0.120. The molecule has 11 heavy (non-hydrogen) atoms. The minimum Gasteiger partial charge on any atom is -0.344 e. The molecule has 0 aliphatic carbocycles. The molecule has 0 amide bonds. The van der Waals surface area contributed by atoms with Crippen molar-refractivity contribution in [3.05, 3.63) is 0 Å². The molecule has 3 nitrogen and oxygen atoms in total. The summed E-state index contributed by atoms with van der Waals surface area (Å²) in [4.78, 5) is 2.48. The molecule has 0 radical (unpaired) electrons. The summed E-state index contributed by atoms with van der Waals surface area (Å²) in [6, 6.07) is 1.01. The zero-order valence-electron chi connectivity index (χ0n) is 7.71. The monoisotopic (exact) mass is 159 g/mol. The highest BCUT2D eigenvalue weighted by atomic mass is 15.2. The number of nitrogens with two attached hydrogens (primary N) is 1. The Balaban J connectivity index is 0.000001000. The van der Waals surface area contributed by atoms with Gasteiger partial charge in [-0.3, -0.25) is 4.90 Å². The first-order chi connectivity index (χ1) is 4.75. The van der Waals surface area contributed by atoms with Gasteiger partial charge in [0.2, 0.25) is 0 Å². The highest BCUT2D eigenvalue weighted by molar-refractivity contribution is 4.83. The van der Waals surface area contributed by atoms with E-state index < -0.39 is 0 Å². The molecular weight excluding hydrogens is 138 g/mol. The Labute approximate surface area is 69.5 Å². The van der Waals surface area contributed by atoms with Crippen LogP contribution in [-0.4, -0.2) is 30.1 Å². The van der Waals surface area contributed by atoms with Crippen LogP contribution in [0.4, 0.5) is 0 Å². The minimum atomic E-state index is 0. The first kappa shape index (κ1) is 10.9. The lowest BCUT2D eigenvalue weighted by molar-refractivity contribution is 0.242. The molecule has 5 N–H and O–H groups in total. The van der Waals surface area contributed by atoms with Crippen LogP contribution < -0.4 is 11.9 Å². The van der Waals surface area contributed by atoms with Crippen molar-refractivity contribution < 1.29 is 0 Å². The molecule has 0 aromatic rings. The molecule has 1 fully saturated rings. The van der Waals surface area contributed by atoms with E-state index in [0.29, 0.717) is 12.1 Å². The molecular formula is C8H21N3. The van der Waals surface area contributed by atoms with Crippen molar-refractivity contribution in [2.75, 3.05) is 13.1 Å². The fourth-order valence-electron chi connectivity index (χ4n) is 1.84. The van der Waals surface area contributed by atoms with E-state index in [1.54, 1.807) is 0 Å². The van der Waals surface area contributed by atoms with Crippen molar-refractivity contribution >= 4 is 0 Å². The van der Waals surface area contributed by atoms with Gasteiger partial charge in [0.05, 0.1) is 0 Å². The number of rotatable bonds is 2. The summed E-state index contributed by atoms with van der Waals surface area (Å²) in [7, 11) is 0. The average molecular weight is 159 g/mol. The van der Waals surface area contributed by atoms with Crippen LogP contribution in [0.1, 0.15) is 26.7 Å². The predicted octanol–water partition coefficient (Wildman–Crippen LogP) is 0.980. The van der Waals surface area contributed by atoms with Crippen molar-refractivity contribution in [2.45, 2.75) is 38.8 Å². The molecule has 0 aromatic heterocycles. The quantitative estimate of drug-likeness (QED) is 0.631. The summed E-state index contributed by atoms with van der Waals surface area (Å²) in [6.45, 7) is 6.73.